The fourth-order valence-corrected chi connectivity index (χ4v) is 4.39. The second-order valence-electron chi connectivity index (χ2n) is 6.29. The van der Waals surface area contributed by atoms with Crippen molar-refractivity contribution in [1.82, 2.24) is 9.29 Å². The van der Waals surface area contributed by atoms with Gasteiger partial charge in [-0.05, 0) is 39.7 Å². The highest BCUT2D eigenvalue weighted by Crippen LogP contribution is 2.26. The first-order valence-corrected chi connectivity index (χ1v) is 10.1. The topological polar surface area (TPSA) is 77.4 Å². The summed E-state index contributed by atoms with van der Waals surface area (Å²) in [5.74, 6) is -0.618. The normalized spacial score (nSPS) is 11.6. The maximum Gasteiger partial charge on any atom is 0.341 e. The van der Waals surface area contributed by atoms with Crippen molar-refractivity contribution in [2.45, 2.75) is 39.0 Å². The van der Waals surface area contributed by atoms with Crippen molar-refractivity contribution < 1.29 is 17.9 Å². The lowest BCUT2D eigenvalue weighted by atomic mass is 10.1. The zero-order valence-electron chi connectivity index (χ0n) is 15.9. The van der Waals surface area contributed by atoms with Crippen LogP contribution in [-0.4, -0.2) is 32.1 Å². The molecule has 2 rings (SSSR count). The summed E-state index contributed by atoms with van der Waals surface area (Å²) in [5, 5.41) is 0. The Hall–Kier alpha value is -2.12. The summed E-state index contributed by atoms with van der Waals surface area (Å²) in [4.78, 5) is 12.3. The molecule has 1 aromatic heterocycles. The van der Waals surface area contributed by atoms with Crippen LogP contribution in [0.4, 0.5) is 0 Å². The van der Waals surface area contributed by atoms with Gasteiger partial charge < -0.3 is 9.30 Å². The highest BCUT2D eigenvalue weighted by atomic mass is 32.2. The molecule has 2 aromatic rings. The lowest BCUT2D eigenvalue weighted by Crippen LogP contribution is -2.28. The Morgan fingerprint density at radius 2 is 1.73 bits per heavy atom. The van der Waals surface area contributed by atoms with Gasteiger partial charge in [-0.2, -0.15) is 0 Å². The van der Waals surface area contributed by atoms with Gasteiger partial charge >= 0.3 is 5.97 Å². The number of aromatic nitrogens is 1. The van der Waals surface area contributed by atoms with Crippen LogP contribution in [0.25, 0.3) is 0 Å². The number of hydrogen-bond acceptors (Lipinski definition) is 4. The molecule has 0 unspecified atom stereocenters. The predicted molar refractivity (Wildman–Crippen MR) is 101 cm³/mol. The molecule has 0 aliphatic heterocycles. The first-order valence-electron chi connectivity index (χ1n) is 8.57. The highest BCUT2D eigenvalue weighted by Gasteiger charge is 2.31. The molecule has 0 aliphatic carbocycles. The van der Waals surface area contributed by atoms with Crippen molar-refractivity contribution in [2.24, 2.45) is 7.05 Å². The summed E-state index contributed by atoms with van der Waals surface area (Å²) in [5.41, 5.74) is 3.39. The Labute approximate surface area is 155 Å². The third kappa shape index (κ3) is 4.16. The van der Waals surface area contributed by atoms with Gasteiger partial charge in [-0.15, -0.1) is 0 Å². The van der Waals surface area contributed by atoms with E-state index in [0.717, 1.165) is 11.1 Å². The van der Waals surface area contributed by atoms with E-state index >= 15 is 0 Å². The Balaban J connectivity index is 2.26. The van der Waals surface area contributed by atoms with Crippen LogP contribution in [0.2, 0.25) is 0 Å². The molecule has 0 saturated heterocycles. The standard InChI is InChI=1S/C19H26N2O4S/c1-6-25-19(22)17-14(3)21(5)15(4)18(17)26(23,24)20-12-11-16-9-7-13(2)8-10-16/h7-10,20H,6,11-12H2,1-5H3. The van der Waals surface area contributed by atoms with Gasteiger partial charge in [0.1, 0.15) is 10.5 Å². The SMILES string of the molecule is CCOC(=O)c1c(S(=O)(=O)NCCc2ccc(C)cc2)c(C)n(C)c1C. The van der Waals surface area contributed by atoms with Crippen LogP contribution >= 0.6 is 0 Å². The van der Waals surface area contributed by atoms with E-state index in [9.17, 15) is 13.2 Å². The van der Waals surface area contributed by atoms with E-state index in [1.807, 2.05) is 31.2 Å². The summed E-state index contributed by atoms with van der Waals surface area (Å²) in [7, 11) is -2.10. The van der Waals surface area contributed by atoms with Crippen LogP contribution in [0, 0.1) is 20.8 Å². The first kappa shape index (κ1) is 20.2. The molecular formula is C19H26N2O4S. The Kier molecular flexibility index (Phi) is 6.26. The van der Waals surface area contributed by atoms with Gasteiger partial charge in [-0.1, -0.05) is 29.8 Å². The van der Waals surface area contributed by atoms with Gasteiger partial charge in [-0.25, -0.2) is 17.9 Å². The molecule has 1 N–H and O–H groups in total. The van der Waals surface area contributed by atoms with Gasteiger partial charge in [-0.3, -0.25) is 0 Å². The fourth-order valence-electron chi connectivity index (χ4n) is 2.85. The summed E-state index contributed by atoms with van der Waals surface area (Å²) >= 11 is 0. The van der Waals surface area contributed by atoms with Crippen molar-refractivity contribution in [3.05, 3.63) is 52.3 Å². The number of ether oxygens (including phenoxy) is 1. The van der Waals surface area contributed by atoms with E-state index in [1.54, 1.807) is 32.4 Å². The summed E-state index contributed by atoms with van der Waals surface area (Å²) in [6.07, 6.45) is 0.569. The van der Waals surface area contributed by atoms with Gasteiger partial charge in [0.15, 0.2) is 0 Å². The van der Waals surface area contributed by atoms with Crippen LogP contribution in [0.1, 0.15) is 39.8 Å². The van der Waals surface area contributed by atoms with E-state index in [4.69, 9.17) is 4.74 Å². The summed E-state index contributed by atoms with van der Waals surface area (Å²) in [6.45, 7) is 7.53. The monoisotopic (exact) mass is 378 g/mol. The lowest BCUT2D eigenvalue weighted by molar-refractivity contribution is 0.0521. The van der Waals surface area contributed by atoms with Gasteiger partial charge in [0.05, 0.1) is 6.61 Å². The lowest BCUT2D eigenvalue weighted by Gasteiger charge is -2.09. The van der Waals surface area contributed by atoms with Crippen LogP contribution in [0.5, 0.6) is 0 Å². The predicted octanol–water partition coefficient (Wildman–Crippen LogP) is 2.65. The van der Waals surface area contributed by atoms with E-state index in [2.05, 4.69) is 4.72 Å². The molecular weight excluding hydrogens is 352 g/mol. The molecule has 0 spiro atoms. The zero-order chi connectivity index (χ0) is 19.5. The van der Waals surface area contributed by atoms with Gasteiger partial charge in [0, 0.05) is 25.0 Å². The molecule has 26 heavy (non-hydrogen) atoms. The number of nitrogens with one attached hydrogen (secondary N) is 1. The minimum absolute atomic E-state index is 0.000133. The maximum atomic E-state index is 12.9. The van der Waals surface area contributed by atoms with E-state index < -0.39 is 16.0 Å². The molecule has 1 heterocycles. The number of esters is 1. The molecule has 0 atom stereocenters. The average molecular weight is 378 g/mol. The molecule has 7 heteroatoms. The number of rotatable bonds is 7. The first-order chi connectivity index (χ1) is 12.2. The van der Waals surface area contributed by atoms with Crippen molar-refractivity contribution in [3.63, 3.8) is 0 Å². The average Bonchev–Trinajstić information content (AvgIpc) is 2.81. The molecule has 0 saturated carbocycles. The number of aryl methyl sites for hydroxylation is 1. The van der Waals surface area contributed by atoms with Crippen LogP contribution in [-0.2, 0) is 28.2 Å². The molecule has 0 amide bonds. The van der Waals surface area contributed by atoms with Crippen molar-refractivity contribution in [3.8, 4) is 0 Å². The quantitative estimate of drug-likeness (QED) is 0.752. The van der Waals surface area contributed by atoms with Crippen LogP contribution < -0.4 is 4.72 Å². The second-order valence-corrected chi connectivity index (χ2v) is 7.99. The molecule has 0 fully saturated rings. The van der Waals surface area contributed by atoms with E-state index in [-0.39, 0.29) is 23.6 Å². The number of carbonyl (C=O) groups is 1. The Bertz CT molecular complexity index is 897. The fraction of sp³-hybridized carbons (Fsp3) is 0.421. The zero-order valence-corrected chi connectivity index (χ0v) is 16.7. The number of nitrogens with zero attached hydrogens (tertiary/aromatic N) is 1. The Morgan fingerprint density at radius 3 is 2.31 bits per heavy atom. The van der Waals surface area contributed by atoms with Crippen LogP contribution in [0.15, 0.2) is 29.2 Å². The summed E-state index contributed by atoms with van der Waals surface area (Å²) < 4.78 is 35.1. The molecule has 6 nitrogen and oxygen atoms in total. The second kappa shape index (κ2) is 8.05. The van der Waals surface area contributed by atoms with Crippen molar-refractivity contribution >= 4 is 16.0 Å². The van der Waals surface area contributed by atoms with E-state index in [1.165, 1.54) is 0 Å². The largest absolute Gasteiger partial charge is 0.462 e. The van der Waals surface area contributed by atoms with Crippen molar-refractivity contribution in [1.29, 1.82) is 0 Å². The third-order valence-corrected chi connectivity index (χ3v) is 6.12. The summed E-state index contributed by atoms with van der Waals surface area (Å²) in [6, 6.07) is 7.94. The number of hydrogen-bond donors (Lipinski definition) is 1. The van der Waals surface area contributed by atoms with Gasteiger partial charge in [0.25, 0.3) is 0 Å². The molecule has 0 bridgehead atoms. The van der Waals surface area contributed by atoms with E-state index in [0.29, 0.717) is 17.8 Å². The Morgan fingerprint density at radius 1 is 1.12 bits per heavy atom. The minimum Gasteiger partial charge on any atom is -0.462 e. The molecule has 142 valence electrons. The molecule has 1 aromatic carbocycles. The van der Waals surface area contributed by atoms with Crippen LogP contribution in [0.3, 0.4) is 0 Å². The maximum absolute atomic E-state index is 12.9. The molecule has 0 radical (unpaired) electrons. The minimum atomic E-state index is -3.84. The smallest absolute Gasteiger partial charge is 0.341 e. The number of carbonyl (C=O) groups excluding carboxylic acids is 1. The third-order valence-electron chi connectivity index (χ3n) is 4.50. The van der Waals surface area contributed by atoms with Gasteiger partial charge in [0.2, 0.25) is 10.0 Å². The van der Waals surface area contributed by atoms with Crippen molar-refractivity contribution in [2.75, 3.05) is 13.2 Å². The molecule has 0 aliphatic rings. The highest BCUT2D eigenvalue weighted by molar-refractivity contribution is 7.89. The number of benzene rings is 1. The number of sulfonamides is 1.